The van der Waals surface area contributed by atoms with Crippen LogP contribution in [0.3, 0.4) is 0 Å². The molecule has 2 aromatic heterocycles. The highest BCUT2D eigenvalue weighted by atomic mass is 28.3. The number of rotatable bonds is 4. The van der Waals surface area contributed by atoms with Crippen molar-refractivity contribution in [1.29, 1.82) is 0 Å². The molecule has 0 atom stereocenters. The SMILES string of the molecule is [2H]C([2H])([2H])C(C([2H])([2H])[2H])C([2H])([2H])c1cc(-c2ccc([Si](C)(C)C)c3c2oc2ccccc23)ncc1C. The van der Waals surface area contributed by atoms with Crippen LogP contribution in [0.1, 0.15) is 35.8 Å². The van der Waals surface area contributed by atoms with Crippen LogP contribution in [0.2, 0.25) is 19.6 Å². The predicted molar refractivity (Wildman–Crippen MR) is 123 cm³/mol. The summed E-state index contributed by atoms with van der Waals surface area (Å²) in [5, 5.41) is 3.20. The second-order valence-corrected chi connectivity index (χ2v) is 13.2. The molecule has 0 N–H and O–H groups in total. The quantitative estimate of drug-likeness (QED) is 0.359. The van der Waals surface area contributed by atoms with Crippen LogP contribution in [-0.2, 0) is 6.37 Å². The third-order valence-electron chi connectivity index (χ3n) is 5.01. The molecule has 0 amide bonds. The number of fused-ring (bicyclic) bond motifs is 3. The van der Waals surface area contributed by atoms with Crippen molar-refractivity contribution in [1.82, 2.24) is 4.98 Å². The van der Waals surface area contributed by atoms with E-state index in [0.29, 0.717) is 22.4 Å². The molecule has 2 nitrogen and oxygen atoms in total. The van der Waals surface area contributed by atoms with Gasteiger partial charge in [0.2, 0.25) is 0 Å². The van der Waals surface area contributed by atoms with Gasteiger partial charge >= 0.3 is 0 Å². The minimum Gasteiger partial charge on any atom is -0.455 e. The Morgan fingerprint density at radius 1 is 1.14 bits per heavy atom. The number of nitrogens with zero attached hydrogens (tertiary/aromatic N) is 1. The van der Waals surface area contributed by atoms with E-state index in [-0.39, 0.29) is 5.56 Å². The number of hydrogen-bond acceptors (Lipinski definition) is 2. The fraction of sp³-hybridized carbons (Fsp3) is 0.320. The Labute approximate surface area is 179 Å². The lowest BCUT2D eigenvalue weighted by molar-refractivity contribution is 0.644. The molecule has 0 aliphatic rings. The number of para-hydroxylation sites is 1. The third kappa shape index (κ3) is 3.28. The van der Waals surface area contributed by atoms with Gasteiger partial charge < -0.3 is 4.42 Å². The predicted octanol–water partition coefficient (Wildman–Crippen LogP) is 6.70. The molecule has 0 aliphatic carbocycles. The molecule has 2 aromatic carbocycles. The summed E-state index contributed by atoms with van der Waals surface area (Å²) in [6.45, 7) is 2.30. The van der Waals surface area contributed by atoms with E-state index in [4.69, 9.17) is 15.4 Å². The van der Waals surface area contributed by atoms with Crippen molar-refractivity contribution in [3.8, 4) is 11.3 Å². The number of hydrogen-bond donors (Lipinski definition) is 0. The first-order chi connectivity index (χ1) is 16.4. The van der Waals surface area contributed by atoms with Gasteiger partial charge in [-0.15, -0.1) is 0 Å². The van der Waals surface area contributed by atoms with Gasteiger partial charge in [0.05, 0.1) is 13.8 Å². The minimum atomic E-state index is -3.03. The molecule has 4 aromatic rings. The molecule has 2 heterocycles. The van der Waals surface area contributed by atoms with Gasteiger partial charge in [-0.05, 0) is 53.7 Å². The lowest BCUT2D eigenvalue weighted by atomic mass is 9.97. The highest BCUT2D eigenvalue weighted by Crippen LogP contribution is 2.35. The average molecular weight is 396 g/mol. The molecule has 0 radical (unpaired) electrons. The maximum Gasteiger partial charge on any atom is 0.144 e. The first kappa shape index (κ1) is 11.6. The Bertz CT molecular complexity index is 1430. The average Bonchev–Trinajstić information content (AvgIpc) is 3.09. The Kier molecular flexibility index (Phi) is 2.85. The van der Waals surface area contributed by atoms with Gasteiger partial charge in [-0.3, -0.25) is 4.98 Å². The maximum absolute atomic E-state index is 8.70. The molecule has 3 heteroatoms. The molecule has 0 spiro atoms. The molecule has 0 saturated heterocycles. The van der Waals surface area contributed by atoms with Crippen LogP contribution in [0, 0.1) is 12.8 Å². The zero-order chi connectivity index (χ0) is 26.8. The number of benzene rings is 2. The van der Waals surface area contributed by atoms with E-state index in [1.54, 1.807) is 6.92 Å². The summed E-state index contributed by atoms with van der Waals surface area (Å²) in [5.74, 6) is -2.20. The van der Waals surface area contributed by atoms with Gasteiger partial charge in [-0.25, -0.2) is 0 Å². The van der Waals surface area contributed by atoms with E-state index in [0.717, 1.165) is 16.4 Å². The van der Waals surface area contributed by atoms with E-state index in [9.17, 15) is 0 Å². The van der Waals surface area contributed by atoms with Crippen LogP contribution in [-0.4, -0.2) is 13.1 Å². The first-order valence-corrected chi connectivity index (χ1v) is 12.9. The molecule has 0 unspecified atom stereocenters. The summed E-state index contributed by atoms with van der Waals surface area (Å²) in [6.07, 6.45) is -1.21. The van der Waals surface area contributed by atoms with E-state index in [1.807, 2.05) is 30.3 Å². The van der Waals surface area contributed by atoms with Gasteiger partial charge in [0.1, 0.15) is 11.2 Å². The number of furan rings is 1. The zero-order valence-corrected chi connectivity index (χ0v) is 17.6. The van der Waals surface area contributed by atoms with Crippen molar-refractivity contribution < 1.29 is 15.4 Å². The molecule has 0 bridgehead atoms. The Morgan fingerprint density at radius 3 is 2.68 bits per heavy atom. The van der Waals surface area contributed by atoms with Gasteiger partial charge in [0.25, 0.3) is 0 Å². The van der Waals surface area contributed by atoms with Crippen LogP contribution in [0.25, 0.3) is 33.2 Å². The fourth-order valence-electron chi connectivity index (χ4n) is 3.64. The maximum atomic E-state index is 8.70. The standard InChI is InChI=1S/C25H29NOSi/c1-16(2)13-18-14-21(26-15-17(18)3)19-11-12-23(28(4,5)6)24-20-9-7-8-10-22(20)27-25(19)24/h7-12,14-16H,13H2,1-6H3/i1D3,2D3,13D2. The monoisotopic (exact) mass is 395 g/mol. The van der Waals surface area contributed by atoms with Crippen LogP contribution in [0.5, 0.6) is 0 Å². The van der Waals surface area contributed by atoms with Crippen molar-refractivity contribution in [2.45, 2.75) is 46.6 Å². The Morgan fingerprint density at radius 2 is 1.93 bits per heavy atom. The van der Waals surface area contributed by atoms with Gasteiger partial charge in [0, 0.05) is 33.5 Å². The molecule has 144 valence electrons. The summed E-state index contributed by atoms with van der Waals surface area (Å²) in [5.41, 5.74) is 2.75. The topological polar surface area (TPSA) is 26.0 Å². The van der Waals surface area contributed by atoms with Crippen LogP contribution in [0.4, 0.5) is 0 Å². The highest BCUT2D eigenvalue weighted by Gasteiger charge is 2.24. The zero-order valence-electron chi connectivity index (χ0n) is 24.6. The van der Waals surface area contributed by atoms with E-state index < -0.39 is 34.1 Å². The Hall–Kier alpha value is -2.39. The highest BCUT2D eigenvalue weighted by molar-refractivity contribution is 6.90. The number of pyridine rings is 1. The molecule has 0 saturated carbocycles. The van der Waals surface area contributed by atoms with Crippen LogP contribution < -0.4 is 5.19 Å². The minimum absolute atomic E-state index is 0.0108. The van der Waals surface area contributed by atoms with E-state index in [1.165, 1.54) is 17.4 Å². The fourth-order valence-corrected chi connectivity index (χ4v) is 5.22. The first-order valence-electron chi connectivity index (χ1n) is 13.4. The molecular formula is C25H29NOSi. The number of aryl methyl sites for hydroxylation is 1. The largest absolute Gasteiger partial charge is 0.455 e. The van der Waals surface area contributed by atoms with Gasteiger partial charge in [-0.2, -0.15) is 0 Å². The molecule has 28 heavy (non-hydrogen) atoms. The normalized spacial score (nSPS) is 18.0. The third-order valence-corrected chi connectivity index (χ3v) is 7.05. The summed E-state index contributed by atoms with van der Waals surface area (Å²) >= 11 is 0. The van der Waals surface area contributed by atoms with Crippen LogP contribution >= 0.6 is 0 Å². The summed E-state index contributed by atoms with van der Waals surface area (Å²) in [7, 11) is -1.77. The van der Waals surface area contributed by atoms with Gasteiger partial charge in [-0.1, -0.05) is 57.6 Å². The van der Waals surface area contributed by atoms with Crippen molar-refractivity contribution in [2.24, 2.45) is 5.92 Å². The summed E-state index contributed by atoms with van der Waals surface area (Å²) in [6, 6.07) is 13.2. The molecule has 4 rings (SSSR count). The molecule has 0 aliphatic heterocycles. The van der Waals surface area contributed by atoms with E-state index >= 15 is 0 Å². The Balaban J connectivity index is 1.99. The van der Waals surface area contributed by atoms with Crippen molar-refractivity contribution in [2.75, 3.05) is 0 Å². The summed E-state index contributed by atoms with van der Waals surface area (Å²) in [4.78, 5) is 4.52. The lowest BCUT2D eigenvalue weighted by Crippen LogP contribution is -2.37. The lowest BCUT2D eigenvalue weighted by Gasteiger charge is -2.19. The number of aromatic nitrogens is 1. The van der Waals surface area contributed by atoms with E-state index in [2.05, 4.69) is 30.7 Å². The van der Waals surface area contributed by atoms with Crippen molar-refractivity contribution in [3.05, 3.63) is 59.8 Å². The smallest absolute Gasteiger partial charge is 0.144 e. The van der Waals surface area contributed by atoms with Gasteiger partial charge in [0.15, 0.2) is 0 Å². The van der Waals surface area contributed by atoms with Crippen LogP contribution in [0.15, 0.2) is 53.1 Å². The van der Waals surface area contributed by atoms with Crippen molar-refractivity contribution >= 4 is 35.2 Å². The van der Waals surface area contributed by atoms with Crippen molar-refractivity contribution in [3.63, 3.8) is 0 Å². The second-order valence-electron chi connectivity index (χ2n) is 8.17. The molecule has 0 fully saturated rings. The molecular weight excluding hydrogens is 358 g/mol. The summed E-state index contributed by atoms with van der Waals surface area (Å²) < 4.78 is 70.5. The second kappa shape index (κ2) is 6.89.